The highest BCUT2D eigenvalue weighted by Crippen LogP contribution is 2.03. The fraction of sp³-hybridized carbons (Fsp3) is 1.00. The zero-order valence-electron chi connectivity index (χ0n) is 8.35. The zero-order chi connectivity index (χ0) is 9.40. The average molecular weight is 210 g/mol. The molecule has 1 unspecified atom stereocenters. The molecule has 1 atom stereocenters. The quantitative estimate of drug-likeness (QED) is 0.469. The average Bonchev–Trinajstić information content (AvgIpc) is 1.97. The van der Waals surface area contributed by atoms with Crippen molar-refractivity contribution in [2.45, 2.75) is 25.6 Å². The van der Waals surface area contributed by atoms with E-state index in [9.17, 15) is 0 Å². The van der Waals surface area contributed by atoms with Gasteiger partial charge in [-0.3, -0.25) is 0 Å². The van der Waals surface area contributed by atoms with Gasteiger partial charge in [0.15, 0.2) is 0 Å². The Morgan fingerprint density at radius 2 is 2.17 bits per heavy atom. The van der Waals surface area contributed by atoms with Gasteiger partial charge in [0.1, 0.15) is 0 Å². The van der Waals surface area contributed by atoms with Crippen molar-refractivity contribution in [2.24, 2.45) is 0 Å². The van der Waals surface area contributed by atoms with E-state index in [1.165, 1.54) is 24.5 Å². The lowest BCUT2D eigenvalue weighted by atomic mass is 10.4. The molecular weight excluding hydrogens is 190 g/mol. The van der Waals surface area contributed by atoms with Crippen molar-refractivity contribution in [3.05, 3.63) is 0 Å². The number of alkyl halides is 1. The number of halogens is 1. The van der Waals surface area contributed by atoms with Gasteiger partial charge in [-0.25, -0.2) is 0 Å². The first-order chi connectivity index (χ1) is 5.66. The molecule has 0 fully saturated rings. The molecule has 0 saturated heterocycles. The zero-order valence-corrected chi connectivity index (χ0v) is 9.92. The normalized spacial score (nSPS) is 13.8. The summed E-state index contributed by atoms with van der Waals surface area (Å²) in [6.07, 6.45) is 1.28. The summed E-state index contributed by atoms with van der Waals surface area (Å²) in [5.41, 5.74) is 0. The second-order valence-corrected chi connectivity index (χ2v) is 5.23. The third-order valence-corrected chi connectivity index (χ3v) is 2.72. The van der Waals surface area contributed by atoms with Crippen LogP contribution in [0.15, 0.2) is 0 Å². The maximum absolute atomic E-state index is 5.87. The van der Waals surface area contributed by atoms with E-state index < -0.39 is 0 Å². The van der Waals surface area contributed by atoms with Gasteiger partial charge in [0.2, 0.25) is 0 Å². The van der Waals surface area contributed by atoms with Gasteiger partial charge in [-0.15, -0.1) is 11.6 Å². The summed E-state index contributed by atoms with van der Waals surface area (Å²) >= 11 is 7.88. The molecule has 0 aliphatic heterocycles. The summed E-state index contributed by atoms with van der Waals surface area (Å²) < 4.78 is 0. The van der Waals surface area contributed by atoms with Crippen LogP contribution in [0.4, 0.5) is 0 Å². The third-order valence-electron chi connectivity index (χ3n) is 1.60. The predicted molar refractivity (Wildman–Crippen MR) is 60.4 cm³/mol. The van der Waals surface area contributed by atoms with Gasteiger partial charge in [0.05, 0.1) is 0 Å². The topological polar surface area (TPSA) is 3.24 Å². The van der Waals surface area contributed by atoms with Crippen LogP contribution < -0.4 is 0 Å². The lowest BCUT2D eigenvalue weighted by Gasteiger charge is -2.17. The Kier molecular flexibility index (Phi) is 8.62. The van der Waals surface area contributed by atoms with Crippen LogP contribution in [-0.4, -0.2) is 41.9 Å². The highest BCUT2D eigenvalue weighted by atomic mass is 35.5. The Bertz CT molecular complexity index is 98.5. The minimum atomic E-state index is 0.272. The fourth-order valence-electron chi connectivity index (χ4n) is 1.10. The summed E-state index contributed by atoms with van der Waals surface area (Å²) in [6, 6.07) is 0. The molecule has 0 aliphatic carbocycles. The highest BCUT2D eigenvalue weighted by molar-refractivity contribution is 7.99. The van der Waals surface area contributed by atoms with Crippen molar-refractivity contribution in [1.82, 2.24) is 4.90 Å². The number of nitrogens with zero attached hydrogens (tertiary/aromatic N) is 1. The molecule has 0 bridgehead atoms. The fourth-order valence-corrected chi connectivity index (χ4v) is 1.96. The molecule has 0 radical (unpaired) electrons. The summed E-state index contributed by atoms with van der Waals surface area (Å²) in [6.45, 7) is 6.41. The van der Waals surface area contributed by atoms with Crippen LogP contribution in [0.2, 0.25) is 0 Å². The molecule has 3 heteroatoms. The van der Waals surface area contributed by atoms with E-state index in [1.807, 2.05) is 18.7 Å². The standard InChI is InChI=1S/C9H20ClNS/c1-4-12-7-5-6-11(3)8-9(2)10/h9H,4-8H2,1-3H3. The van der Waals surface area contributed by atoms with Crippen LogP contribution in [-0.2, 0) is 0 Å². The second-order valence-electron chi connectivity index (χ2n) is 3.09. The number of thioether (sulfide) groups is 1. The molecular formula is C9H20ClNS. The van der Waals surface area contributed by atoms with Crippen LogP contribution in [0.5, 0.6) is 0 Å². The largest absolute Gasteiger partial charge is 0.305 e. The van der Waals surface area contributed by atoms with Crippen LogP contribution in [0, 0.1) is 0 Å². The Morgan fingerprint density at radius 3 is 2.67 bits per heavy atom. The molecule has 0 saturated carbocycles. The molecule has 0 heterocycles. The SMILES string of the molecule is CCSCCCN(C)CC(C)Cl. The summed E-state index contributed by atoms with van der Waals surface area (Å²) in [5, 5.41) is 0.272. The lowest BCUT2D eigenvalue weighted by Crippen LogP contribution is -2.26. The smallest absolute Gasteiger partial charge is 0.0434 e. The van der Waals surface area contributed by atoms with E-state index in [4.69, 9.17) is 11.6 Å². The van der Waals surface area contributed by atoms with E-state index in [0.717, 1.165) is 6.54 Å². The van der Waals surface area contributed by atoms with Crippen molar-refractivity contribution >= 4 is 23.4 Å². The minimum absolute atomic E-state index is 0.272. The van der Waals surface area contributed by atoms with E-state index in [2.05, 4.69) is 18.9 Å². The maximum atomic E-state index is 5.87. The van der Waals surface area contributed by atoms with Gasteiger partial charge in [-0.05, 0) is 38.4 Å². The Balaban J connectivity index is 3.14. The van der Waals surface area contributed by atoms with Crippen LogP contribution in [0.3, 0.4) is 0 Å². The van der Waals surface area contributed by atoms with Crippen molar-refractivity contribution in [3.63, 3.8) is 0 Å². The molecule has 0 aromatic heterocycles. The van der Waals surface area contributed by atoms with Gasteiger partial charge in [0, 0.05) is 11.9 Å². The summed E-state index contributed by atoms with van der Waals surface area (Å²) in [7, 11) is 2.13. The van der Waals surface area contributed by atoms with Crippen LogP contribution in [0.1, 0.15) is 20.3 Å². The number of hydrogen-bond acceptors (Lipinski definition) is 2. The van der Waals surface area contributed by atoms with Gasteiger partial charge < -0.3 is 4.90 Å². The van der Waals surface area contributed by atoms with Gasteiger partial charge >= 0.3 is 0 Å². The molecule has 0 N–H and O–H groups in total. The van der Waals surface area contributed by atoms with Crippen molar-refractivity contribution in [2.75, 3.05) is 31.6 Å². The molecule has 0 aromatic carbocycles. The van der Waals surface area contributed by atoms with E-state index in [0.29, 0.717) is 0 Å². The highest BCUT2D eigenvalue weighted by Gasteiger charge is 2.01. The van der Waals surface area contributed by atoms with Gasteiger partial charge in [-0.1, -0.05) is 6.92 Å². The van der Waals surface area contributed by atoms with E-state index in [-0.39, 0.29) is 5.38 Å². The second kappa shape index (κ2) is 8.21. The molecule has 0 aromatic rings. The lowest BCUT2D eigenvalue weighted by molar-refractivity contribution is 0.339. The Labute approximate surface area is 85.8 Å². The van der Waals surface area contributed by atoms with Gasteiger partial charge in [-0.2, -0.15) is 11.8 Å². The van der Waals surface area contributed by atoms with E-state index in [1.54, 1.807) is 0 Å². The predicted octanol–water partition coefficient (Wildman–Crippen LogP) is 2.69. The third kappa shape index (κ3) is 8.69. The Hall–Kier alpha value is 0.600. The first kappa shape index (κ1) is 12.6. The molecule has 0 spiro atoms. The molecule has 0 aliphatic rings. The van der Waals surface area contributed by atoms with Crippen LogP contribution in [0.25, 0.3) is 0 Å². The Morgan fingerprint density at radius 1 is 1.50 bits per heavy atom. The number of hydrogen-bond donors (Lipinski definition) is 0. The van der Waals surface area contributed by atoms with Crippen molar-refractivity contribution < 1.29 is 0 Å². The first-order valence-corrected chi connectivity index (χ1v) is 6.16. The number of rotatable bonds is 7. The monoisotopic (exact) mass is 209 g/mol. The molecule has 1 nitrogen and oxygen atoms in total. The van der Waals surface area contributed by atoms with Crippen molar-refractivity contribution in [1.29, 1.82) is 0 Å². The maximum Gasteiger partial charge on any atom is 0.0434 e. The summed E-state index contributed by atoms with van der Waals surface area (Å²) in [4.78, 5) is 2.30. The molecule has 12 heavy (non-hydrogen) atoms. The molecule has 74 valence electrons. The minimum Gasteiger partial charge on any atom is -0.305 e. The summed E-state index contributed by atoms with van der Waals surface area (Å²) in [5.74, 6) is 2.51. The van der Waals surface area contributed by atoms with Crippen LogP contribution >= 0.6 is 23.4 Å². The first-order valence-electron chi connectivity index (χ1n) is 4.57. The van der Waals surface area contributed by atoms with Gasteiger partial charge in [0.25, 0.3) is 0 Å². The van der Waals surface area contributed by atoms with E-state index >= 15 is 0 Å². The van der Waals surface area contributed by atoms with Crippen molar-refractivity contribution in [3.8, 4) is 0 Å². The molecule has 0 amide bonds. The molecule has 0 rings (SSSR count).